The zero-order valence-electron chi connectivity index (χ0n) is 14.5. The van der Waals surface area contributed by atoms with E-state index in [2.05, 4.69) is 36.9 Å². The van der Waals surface area contributed by atoms with Crippen LogP contribution in [0.1, 0.15) is 17.5 Å². The third-order valence-corrected chi connectivity index (χ3v) is 5.37. The molecule has 10 heteroatoms. The van der Waals surface area contributed by atoms with E-state index >= 15 is 0 Å². The molecule has 0 unspecified atom stereocenters. The number of halogens is 2. The van der Waals surface area contributed by atoms with Gasteiger partial charge in [-0.1, -0.05) is 18.2 Å². The maximum absolute atomic E-state index is 11.8. The second kappa shape index (κ2) is 7.88. The summed E-state index contributed by atoms with van der Waals surface area (Å²) >= 11 is 3.23. The summed E-state index contributed by atoms with van der Waals surface area (Å²) in [6.07, 6.45) is 2.00. The van der Waals surface area contributed by atoms with E-state index < -0.39 is 16.0 Å². The molecule has 146 valence electrons. The van der Waals surface area contributed by atoms with Gasteiger partial charge in [0.2, 0.25) is 0 Å². The molecule has 3 aromatic rings. The summed E-state index contributed by atoms with van der Waals surface area (Å²) in [6, 6.07) is 9.74. The number of nitrogens with zero attached hydrogens (tertiary/aromatic N) is 2. The predicted octanol–water partition coefficient (Wildman–Crippen LogP) is 3.42. The van der Waals surface area contributed by atoms with Gasteiger partial charge in [0.25, 0.3) is 0 Å². The third-order valence-electron chi connectivity index (χ3n) is 4.77. The molecule has 0 atom stereocenters. The van der Waals surface area contributed by atoms with E-state index in [9.17, 15) is 19.7 Å². The molecule has 0 saturated heterocycles. The largest absolute Gasteiger partial charge is 0.367 e. The fraction of sp³-hybridized carbons (Fsp3) is 0.222. The molecule has 0 aliphatic carbocycles. The van der Waals surface area contributed by atoms with E-state index in [0.717, 1.165) is 25.1 Å². The van der Waals surface area contributed by atoms with Gasteiger partial charge in [0.1, 0.15) is 5.52 Å². The molecule has 0 spiro atoms. The number of anilines is 1. The first-order valence-corrected chi connectivity index (χ1v) is 9.20. The van der Waals surface area contributed by atoms with Gasteiger partial charge >= 0.3 is 16.8 Å². The summed E-state index contributed by atoms with van der Waals surface area (Å²) in [5, 5.41) is 11.4. The molecule has 1 aliphatic rings. The average molecular weight is 512 g/mol. The molecule has 2 N–H and O–H groups in total. The number of aromatic nitrogens is 2. The molecule has 0 radical (unpaired) electrons. The van der Waals surface area contributed by atoms with Gasteiger partial charge in [0.15, 0.2) is 0 Å². The molecule has 1 aromatic heterocycles. The van der Waals surface area contributed by atoms with Crippen molar-refractivity contribution in [1.29, 1.82) is 0 Å². The van der Waals surface area contributed by atoms with Crippen molar-refractivity contribution in [3.05, 3.63) is 76.8 Å². The summed E-state index contributed by atoms with van der Waals surface area (Å²) in [6.45, 7) is 1.28. The minimum atomic E-state index is -0.919. The molecule has 0 bridgehead atoms. The number of aryl methyl sites for hydroxylation is 1. The highest BCUT2D eigenvalue weighted by atomic mass is 79.9. The van der Waals surface area contributed by atoms with Crippen molar-refractivity contribution in [3.63, 3.8) is 0 Å². The Balaban J connectivity index is 0.00000225. The lowest BCUT2D eigenvalue weighted by molar-refractivity contribution is -0.384. The number of benzene rings is 2. The Morgan fingerprint density at radius 3 is 2.54 bits per heavy atom. The normalized spacial score (nSPS) is 13.1. The molecule has 2 aromatic carbocycles. The molecule has 0 saturated carbocycles. The van der Waals surface area contributed by atoms with Crippen LogP contribution in [0.2, 0.25) is 0 Å². The van der Waals surface area contributed by atoms with Crippen molar-refractivity contribution < 1.29 is 4.92 Å². The minimum Gasteiger partial charge on any atom is -0.367 e. The van der Waals surface area contributed by atoms with E-state index in [4.69, 9.17) is 0 Å². The van der Waals surface area contributed by atoms with Crippen LogP contribution in [0.15, 0.2) is 44.4 Å². The second-order valence-corrected chi connectivity index (χ2v) is 7.29. The Hall–Kier alpha value is -2.46. The third kappa shape index (κ3) is 3.49. The summed E-state index contributed by atoms with van der Waals surface area (Å²) in [4.78, 5) is 41.5. The fourth-order valence-electron chi connectivity index (χ4n) is 3.58. The van der Waals surface area contributed by atoms with Crippen molar-refractivity contribution in [1.82, 2.24) is 9.97 Å². The standard InChI is InChI=1S/C18H15BrN4O4.BrH/c19-12-8-11(9-22-7-3-5-10-4-1-2-6-13(10)22)14-15(16(12)23(26)27)21-18(25)17(24)20-14;/h1-2,4,6,8H,3,5,7,9H2,(H,20,24)(H,21,25);1H. The smallest absolute Gasteiger partial charge is 0.314 e. The number of nitro groups is 1. The van der Waals surface area contributed by atoms with Gasteiger partial charge < -0.3 is 14.9 Å². The van der Waals surface area contributed by atoms with E-state index in [1.54, 1.807) is 6.07 Å². The monoisotopic (exact) mass is 510 g/mol. The highest BCUT2D eigenvalue weighted by Crippen LogP contribution is 2.35. The summed E-state index contributed by atoms with van der Waals surface area (Å²) in [5.74, 6) is 0. The maximum Gasteiger partial charge on any atom is 0.314 e. The highest BCUT2D eigenvalue weighted by Gasteiger charge is 2.24. The first kappa shape index (κ1) is 20.3. The molecule has 0 fully saturated rings. The van der Waals surface area contributed by atoms with Gasteiger partial charge in [-0.2, -0.15) is 0 Å². The molecule has 0 amide bonds. The predicted molar refractivity (Wildman–Crippen MR) is 116 cm³/mol. The summed E-state index contributed by atoms with van der Waals surface area (Å²) in [7, 11) is 0. The Kier molecular flexibility index (Phi) is 5.71. The van der Waals surface area contributed by atoms with Crippen LogP contribution in [0.4, 0.5) is 11.4 Å². The SMILES string of the molecule is Br.O=c1[nH]c2c(CN3CCCc4ccccc43)cc(Br)c([N+](=O)[O-])c2[nH]c1=O. The van der Waals surface area contributed by atoms with Crippen LogP contribution in [0.3, 0.4) is 0 Å². The van der Waals surface area contributed by atoms with Gasteiger partial charge in [-0.05, 0) is 52.0 Å². The number of para-hydroxylation sites is 1. The lowest BCUT2D eigenvalue weighted by atomic mass is 10.0. The molecule has 28 heavy (non-hydrogen) atoms. The Labute approximate surface area is 177 Å². The first-order chi connectivity index (χ1) is 13.0. The summed E-state index contributed by atoms with van der Waals surface area (Å²) in [5.41, 5.74) is 1.30. The number of fused-ring (bicyclic) bond motifs is 2. The second-order valence-electron chi connectivity index (χ2n) is 6.44. The van der Waals surface area contributed by atoms with Crippen molar-refractivity contribution in [2.45, 2.75) is 19.4 Å². The van der Waals surface area contributed by atoms with E-state index in [1.807, 2.05) is 18.2 Å². The maximum atomic E-state index is 11.8. The number of H-pyrrole nitrogens is 2. The lowest BCUT2D eigenvalue weighted by Gasteiger charge is -2.31. The Morgan fingerprint density at radius 1 is 1.14 bits per heavy atom. The van der Waals surface area contributed by atoms with Crippen LogP contribution in [-0.4, -0.2) is 21.4 Å². The quantitative estimate of drug-likeness (QED) is 0.318. The lowest BCUT2D eigenvalue weighted by Crippen LogP contribution is -2.31. The van der Waals surface area contributed by atoms with Crippen LogP contribution in [0.5, 0.6) is 0 Å². The number of nitrogens with one attached hydrogen (secondary N) is 2. The van der Waals surface area contributed by atoms with Gasteiger partial charge in [0.05, 0.1) is 14.9 Å². The molecule has 1 aliphatic heterocycles. The van der Waals surface area contributed by atoms with Crippen molar-refractivity contribution >= 4 is 55.3 Å². The van der Waals surface area contributed by atoms with Crippen LogP contribution in [-0.2, 0) is 13.0 Å². The minimum absolute atomic E-state index is 0. The van der Waals surface area contributed by atoms with E-state index in [0.29, 0.717) is 12.1 Å². The van der Waals surface area contributed by atoms with Crippen LogP contribution >= 0.6 is 32.9 Å². The Morgan fingerprint density at radius 2 is 1.82 bits per heavy atom. The zero-order valence-corrected chi connectivity index (χ0v) is 17.8. The van der Waals surface area contributed by atoms with Crippen LogP contribution < -0.4 is 16.0 Å². The van der Waals surface area contributed by atoms with Crippen LogP contribution in [0.25, 0.3) is 11.0 Å². The van der Waals surface area contributed by atoms with Gasteiger partial charge in [-0.15, -0.1) is 17.0 Å². The molecular weight excluding hydrogens is 496 g/mol. The highest BCUT2D eigenvalue weighted by molar-refractivity contribution is 9.10. The number of hydrogen-bond acceptors (Lipinski definition) is 5. The van der Waals surface area contributed by atoms with E-state index in [-0.39, 0.29) is 38.2 Å². The van der Waals surface area contributed by atoms with Crippen LogP contribution in [0, 0.1) is 10.1 Å². The average Bonchev–Trinajstić information content (AvgIpc) is 2.63. The molecule has 2 heterocycles. The van der Waals surface area contributed by atoms with Crippen molar-refractivity contribution in [2.24, 2.45) is 0 Å². The fourth-order valence-corrected chi connectivity index (χ4v) is 4.20. The van der Waals surface area contributed by atoms with Gasteiger partial charge in [-0.25, -0.2) is 0 Å². The summed E-state index contributed by atoms with van der Waals surface area (Å²) < 4.78 is 0.253. The Bertz CT molecular complexity index is 1190. The number of rotatable bonds is 3. The van der Waals surface area contributed by atoms with Gasteiger partial charge in [-0.3, -0.25) is 19.7 Å². The zero-order chi connectivity index (χ0) is 19.1. The van der Waals surface area contributed by atoms with Crippen molar-refractivity contribution in [2.75, 3.05) is 11.4 Å². The van der Waals surface area contributed by atoms with Crippen molar-refractivity contribution in [3.8, 4) is 0 Å². The molecule has 8 nitrogen and oxygen atoms in total. The number of aromatic amines is 2. The first-order valence-electron chi connectivity index (χ1n) is 8.40. The number of hydrogen-bond donors (Lipinski definition) is 2. The number of nitro benzene ring substituents is 1. The molecule has 4 rings (SSSR count). The molecular formula is C18H16Br2N4O4. The van der Waals surface area contributed by atoms with Gasteiger partial charge in [0, 0.05) is 18.8 Å². The van der Waals surface area contributed by atoms with E-state index in [1.165, 1.54) is 5.56 Å². The topological polar surface area (TPSA) is 112 Å².